The van der Waals surface area contributed by atoms with Crippen molar-refractivity contribution in [3.63, 3.8) is 0 Å². The van der Waals surface area contributed by atoms with E-state index in [-0.39, 0.29) is 11.4 Å². The molecule has 4 rings (SSSR count). The molecule has 0 radical (unpaired) electrons. The zero-order valence-corrected chi connectivity index (χ0v) is 18.9. The van der Waals surface area contributed by atoms with Gasteiger partial charge in [0.1, 0.15) is 17.1 Å². The largest absolute Gasteiger partial charge is 0.463 e. The SMILES string of the molecule is CCC[SH](=O)(P)Nc1ccc(F)c(C(=O)Nc2cnc3[nH]nc(-c4ccco4)c3c2)c1F. The van der Waals surface area contributed by atoms with Crippen molar-refractivity contribution in [3.8, 4) is 11.5 Å². The zero-order chi connectivity index (χ0) is 22.9. The van der Waals surface area contributed by atoms with Gasteiger partial charge >= 0.3 is 0 Å². The lowest BCUT2D eigenvalue weighted by Gasteiger charge is -2.22. The fourth-order valence-corrected chi connectivity index (χ4v) is 5.75. The van der Waals surface area contributed by atoms with Gasteiger partial charge in [0.15, 0.2) is 17.2 Å². The summed E-state index contributed by atoms with van der Waals surface area (Å²) in [5, 5.41) is 9.92. The third-order valence-electron chi connectivity index (χ3n) is 4.61. The molecule has 0 spiro atoms. The quantitative estimate of drug-likeness (QED) is 0.233. The van der Waals surface area contributed by atoms with E-state index in [9.17, 15) is 17.8 Å². The average molecular weight is 479 g/mol. The third kappa shape index (κ3) is 4.39. The van der Waals surface area contributed by atoms with Crippen molar-refractivity contribution in [2.24, 2.45) is 0 Å². The molecule has 3 N–H and O–H groups in total. The molecule has 1 unspecified atom stereocenters. The number of pyridine rings is 1. The van der Waals surface area contributed by atoms with Crippen LogP contribution in [0, 0.1) is 11.6 Å². The van der Waals surface area contributed by atoms with E-state index in [4.69, 9.17) is 4.42 Å². The van der Waals surface area contributed by atoms with Crippen LogP contribution in [-0.2, 0) is 9.74 Å². The van der Waals surface area contributed by atoms with Crippen LogP contribution in [-0.4, -0.2) is 31.1 Å². The Hall–Kier alpha value is -3.17. The van der Waals surface area contributed by atoms with Crippen LogP contribution in [0.3, 0.4) is 0 Å². The summed E-state index contributed by atoms with van der Waals surface area (Å²) >= 11 is 0. The zero-order valence-electron chi connectivity index (χ0n) is 16.9. The monoisotopic (exact) mass is 479 g/mol. The van der Waals surface area contributed by atoms with Crippen LogP contribution in [0.2, 0.25) is 0 Å². The molecular weight excluding hydrogens is 459 g/mol. The van der Waals surface area contributed by atoms with Gasteiger partial charge in [-0.3, -0.25) is 14.1 Å². The number of rotatable bonds is 7. The Bertz CT molecular complexity index is 1340. The van der Waals surface area contributed by atoms with Crippen molar-refractivity contribution in [2.75, 3.05) is 15.8 Å². The summed E-state index contributed by atoms with van der Waals surface area (Å²) in [5.41, 5.74) is 0.118. The van der Waals surface area contributed by atoms with Gasteiger partial charge in [0.05, 0.1) is 29.2 Å². The lowest BCUT2D eigenvalue weighted by molar-refractivity contribution is 0.101. The summed E-state index contributed by atoms with van der Waals surface area (Å²) in [6.07, 6.45) is 3.43. The molecule has 0 aliphatic carbocycles. The molecule has 0 bridgehead atoms. The highest BCUT2D eigenvalue weighted by Gasteiger charge is 2.23. The third-order valence-corrected chi connectivity index (χ3v) is 7.51. The fraction of sp³-hybridized carbons (Fsp3) is 0.150. The summed E-state index contributed by atoms with van der Waals surface area (Å²) in [4.78, 5) is 16.9. The van der Waals surface area contributed by atoms with Gasteiger partial charge in [-0.05, 0) is 54.9 Å². The van der Waals surface area contributed by atoms with Gasteiger partial charge in [-0.15, -0.1) is 0 Å². The number of carbonyl (C=O) groups is 1. The van der Waals surface area contributed by atoms with E-state index < -0.39 is 32.8 Å². The lowest BCUT2D eigenvalue weighted by atomic mass is 10.1. The van der Waals surface area contributed by atoms with Crippen LogP contribution in [0.5, 0.6) is 0 Å². The number of thiol groups is 1. The molecule has 1 amide bonds. The van der Waals surface area contributed by atoms with Crippen molar-refractivity contribution in [3.05, 3.63) is 60.0 Å². The van der Waals surface area contributed by atoms with Crippen molar-refractivity contribution >= 4 is 46.5 Å². The summed E-state index contributed by atoms with van der Waals surface area (Å²) < 4.78 is 49.8. The van der Waals surface area contributed by atoms with E-state index in [1.807, 2.05) is 6.92 Å². The van der Waals surface area contributed by atoms with Crippen molar-refractivity contribution in [2.45, 2.75) is 13.3 Å². The number of halogens is 2. The number of nitrogens with one attached hydrogen (secondary N) is 3. The maximum absolute atomic E-state index is 15.0. The molecule has 3 heterocycles. The van der Waals surface area contributed by atoms with E-state index in [2.05, 4.69) is 33.7 Å². The number of carbonyl (C=O) groups excluding carboxylic acids is 1. The van der Waals surface area contributed by atoms with Gasteiger partial charge in [-0.25, -0.2) is 13.8 Å². The molecule has 0 aliphatic rings. The van der Waals surface area contributed by atoms with Crippen molar-refractivity contribution in [1.82, 2.24) is 15.2 Å². The predicted molar refractivity (Wildman–Crippen MR) is 124 cm³/mol. The Balaban J connectivity index is 1.64. The van der Waals surface area contributed by atoms with Gasteiger partial charge in [0.25, 0.3) is 5.91 Å². The maximum Gasteiger partial charge on any atom is 0.261 e. The van der Waals surface area contributed by atoms with Crippen molar-refractivity contribution < 1.29 is 22.2 Å². The average Bonchev–Trinajstić information content (AvgIpc) is 3.39. The molecule has 0 saturated heterocycles. The maximum atomic E-state index is 15.0. The van der Waals surface area contributed by atoms with Gasteiger partial charge in [-0.1, -0.05) is 6.92 Å². The molecule has 0 fully saturated rings. The van der Waals surface area contributed by atoms with Crippen LogP contribution in [0.15, 0.2) is 47.2 Å². The number of aromatic amines is 1. The molecule has 1 atom stereocenters. The van der Waals surface area contributed by atoms with Gasteiger partial charge in [0.2, 0.25) is 0 Å². The highest BCUT2D eigenvalue weighted by molar-refractivity contribution is 8.46. The minimum absolute atomic E-state index is 0.205. The molecule has 32 heavy (non-hydrogen) atoms. The highest BCUT2D eigenvalue weighted by Crippen LogP contribution is 2.29. The predicted octanol–water partition coefficient (Wildman–Crippen LogP) is 4.29. The number of nitrogens with zero attached hydrogens (tertiary/aromatic N) is 2. The fourth-order valence-electron chi connectivity index (χ4n) is 3.21. The van der Waals surface area contributed by atoms with Crippen LogP contribution in [0.25, 0.3) is 22.5 Å². The smallest absolute Gasteiger partial charge is 0.261 e. The lowest BCUT2D eigenvalue weighted by Crippen LogP contribution is -2.21. The Morgan fingerprint density at radius 3 is 2.84 bits per heavy atom. The van der Waals surface area contributed by atoms with Crippen LogP contribution in [0.4, 0.5) is 20.2 Å². The number of H-pyrrole nitrogens is 1. The molecule has 0 saturated carbocycles. The minimum Gasteiger partial charge on any atom is -0.463 e. The first-order valence-corrected chi connectivity index (χ1v) is 13.1. The molecule has 3 aromatic heterocycles. The number of aromatic nitrogens is 3. The van der Waals surface area contributed by atoms with E-state index in [1.54, 1.807) is 18.2 Å². The van der Waals surface area contributed by atoms with Gasteiger partial charge in [0, 0.05) is 5.75 Å². The topological polar surface area (TPSA) is 113 Å². The standard InChI is InChI=1S/C20H20F2N5O3PS/c1-2-8-32(29,31)27-14-6-5-13(21)16(17(14)22)20(28)24-11-9-12-18(15-4-3-7-30-15)25-26-19(12)23-10-11/h3-7,9-10,32H,2,8,31H2,1H3,(H,24,28)(H,27,29)(H,23,25,26). The summed E-state index contributed by atoms with van der Waals surface area (Å²) in [7, 11) is -0.806. The summed E-state index contributed by atoms with van der Waals surface area (Å²) in [5.74, 6) is -2.40. The summed E-state index contributed by atoms with van der Waals surface area (Å²) in [6.45, 7) is 1.83. The van der Waals surface area contributed by atoms with E-state index in [0.717, 1.165) is 12.1 Å². The van der Waals surface area contributed by atoms with E-state index in [0.29, 0.717) is 34.7 Å². The second-order valence-corrected chi connectivity index (χ2v) is 11.8. The Labute approximate surface area is 184 Å². The normalized spacial score (nSPS) is 12.1. The first kappa shape index (κ1) is 22.0. The Kier molecular flexibility index (Phi) is 6.03. The number of anilines is 2. The number of amides is 1. The molecule has 4 aromatic rings. The molecule has 168 valence electrons. The molecule has 8 nitrogen and oxygen atoms in total. The van der Waals surface area contributed by atoms with Crippen LogP contribution in [0.1, 0.15) is 23.7 Å². The number of hydrogen-bond acceptors (Lipinski definition) is 5. The number of fused-ring (bicyclic) bond motifs is 1. The minimum atomic E-state index is -2.98. The second kappa shape index (κ2) is 8.76. The first-order valence-electron chi connectivity index (χ1n) is 9.62. The summed E-state index contributed by atoms with van der Waals surface area (Å²) in [6, 6.07) is 7.05. The Morgan fingerprint density at radius 2 is 2.12 bits per heavy atom. The van der Waals surface area contributed by atoms with Crippen molar-refractivity contribution in [1.29, 1.82) is 0 Å². The number of benzene rings is 1. The Morgan fingerprint density at radius 1 is 1.31 bits per heavy atom. The molecule has 12 heteroatoms. The molecule has 0 aliphatic heterocycles. The first-order chi connectivity index (χ1) is 15.3. The number of furan rings is 1. The van der Waals surface area contributed by atoms with E-state index in [1.165, 1.54) is 12.5 Å². The van der Waals surface area contributed by atoms with Crippen LogP contribution >= 0.6 is 8.44 Å². The van der Waals surface area contributed by atoms with Crippen LogP contribution < -0.4 is 10.0 Å². The second-order valence-electron chi connectivity index (χ2n) is 7.04. The van der Waals surface area contributed by atoms with E-state index >= 15 is 0 Å². The molecular formula is C20H20F2N5O3PS. The molecule has 1 aromatic carbocycles. The highest BCUT2D eigenvalue weighted by atomic mass is 32.8. The van der Waals surface area contributed by atoms with Gasteiger partial charge < -0.3 is 14.5 Å². The van der Waals surface area contributed by atoms with Gasteiger partial charge in [-0.2, -0.15) is 5.10 Å². The number of hydrogen-bond donors (Lipinski definition) is 4.